The summed E-state index contributed by atoms with van der Waals surface area (Å²) in [5, 5.41) is 3.30. The first kappa shape index (κ1) is 25.1. The zero-order chi connectivity index (χ0) is 23.8. The summed E-state index contributed by atoms with van der Waals surface area (Å²) in [5.74, 6) is -0.0346. The number of ether oxygens (including phenoxy) is 2. The van der Waals surface area contributed by atoms with Crippen molar-refractivity contribution in [1.82, 2.24) is 24.9 Å². The second kappa shape index (κ2) is 12.6. The molecule has 1 aromatic rings. The number of carbonyl (C=O) groups excluding carboxylic acids is 2. The Morgan fingerprint density at radius 1 is 1.12 bits per heavy atom. The van der Waals surface area contributed by atoms with Gasteiger partial charge in [0.25, 0.3) is 0 Å². The van der Waals surface area contributed by atoms with E-state index in [0.29, 0.717) is 26.1 Å². The van der Waals surface area contributed by atoms with Crippen LogP contribution in [-0.4, -0.2) is 129 Å². The molecule has 1 N–H and O–H groups in total. The number of nitrogens with zero attached hydrogens (tertiary/aromatic N) is 4. The highest BCUT2D eigenvalue weighted by Crippen LogP contribution is 2.26. The van der Waals surface area contributed by atoms with E-state index in [4.69, 9.17) is 9.47 Å². The van der Waals surface area contributed by atoms with Crippen LogP contribution in [-0.2, 0) is 25.6 Å². The highest BCUT2D eigenvalue weighted by molar-refractivity contribution is 5.89. The first-order valence-electron chi connectivity index (χ1n) is 12.5. The Kier molecular flexibility index (Phi) is 9.29. The van der Waals surface area contributed by atoms with Crippen molar-refractivity contribution >= 4 is 11.8 Å². The zero-order valence-electron chi connectivity index (χ0n) is 20.4. The van der Waals surface area contributed by atoms with Gasteiger partial charge in [0, 0.05) is 78.6 Å². The number of amides is 2. The molecule has 1 aromatic carbocycles. The molecule has 3 fully saturated rings. The van der Waals surface area contributed by atoms with Crippen molar-refractivity contribution in [2.75, 3.05) is 85.8 Å². The second-order valence-electron chi connectivity index (χ2n) is 9.37. The van der Waals surface area contributed by atoms with Crippen LogP contribution in [0.25, 0.3) is 0 Å². The fraction of sp³-hybridized carbons (Fsp3) is 0.680. The number of morpholine rings is 1. The van der Waals surface area contributed by atoms with Gasteiger partial charge in [0.15, 0.2) is 0 Å². The number of hydrogen-bond donors (Lipinski definition) is 1. The Hall–Kier alpha value is -2.04. The fourth-order valence-corrected chi connectivity index (χ4v) is 5.19. The molecule has 0 spiro atoms. The molecule has 0 bridgehead atoms. The SMILES string of the molecule is COCC(=O)N1CC(N(CCN2CCOCC2)Cc2ccccc2)CC1C(=O)N1CCNCC1. The summed E-state index contributed by atoms with van der Waals surface area (Å²) in [6.07, 6.45) is 0.661. The summed E-state index contributed by atoms with van der Waals surface area (Å²) < 4.78 is 10.7. The maximum Gasteiger partial charge on any atom is 0.249 e. The molecule has 34 heavy (non-hydrogen) atoms. The second-order valence-corrected chi connectivity index (χ2v) is 9.37. The van der Waals surface area contributed by atoms with Crippen LogP contribution in [0.3, 0.4) is 0 Å². The number of benzene rings is 1. The lowest BCUT2D eigenvalue weighted by Crippen LogP contribution is -2.53. The predicted molar refractivity (Wildman–Crippen MR) is 129 cm³/mol. The third-order valence-corrected chi connectivity index (χ3v) is 7.13. The smallest absolute Gasteiger partial charge is 0.249 e. The lowest BCUT2D eigenvalue weighted by atomic mass is 10.1. The minimum absolute atomic E-state index is 0.00448. The highest BCUT2D eigenvalue weighted by atomic mass is 16.5. The quantitative estimate of drug-likeness (QED) is 0.535. The van der Waals surface area contributed by atoms with Crippen molar-refractivity contribution in [3.63, 3.8) is 0 Å². The first-order valence-corrected chi connectivity index (χ1v) is 12.5. The number of likely N-dealkylation sites (tertiary alicyclic amines) is 1. The van der Waals surface area contributed by atoms with Crippen molar-refractivity contribution in [3.05, 3.63) is 35.9 Å². The summed E-state index contributed by atoms with van der Waals surface area (Å²) in [4.78, 5) is 35.0. The first-order chi connectivity index (χ1) is 16.7. The average molecular weight is 474 g/mol. The van der Waals surface area contributed by atoms with Crippen molar-refractivity contribution in [1.29, 1.82) is 0 Å². The van der Waals surface area contributed by atoms with Gasteiger partial charge in [-0.2, -0.15) is 0 Å². The minimum atomic E-state index is -0.424. The third-order valence-electron chi connectivity index (χ3n) is 7.13. The molecule has 3 saturated heterocycles. The van der Waals surface area contributed by atoms with Crippen molar-refractivity contribution < 1.29 is 19.1 Å². The molecule has 2 unspecified atom stereocenters. The number of piperazine rings is 1. The van der Waals surface area contributed by atoms with Gasteiger partial charge >= 0.3 is 0 Å². The largest absolute Gasteiger partial charge is 0.379 e. The van der Waals surface area contributed by atoms with Crippen molar-refractivity contribution in [2.24, 2.45) is 0 Å². The molecule has 2 atom stereocenters. The maximum atomic E-state index is 13.5. The van der Waals surface area contributed by atoms with E-state index in [9.17, 15) is 9.59 Å². The van der Waals surface area contributed by atoms with Gasteiger partial charge in [0.2, 0.25) is 11.8 Å². The van der Waals surface area contributed by atoms with E-state index in [2.05, 4.69) is 39.4 Å². The lowest BCUT2D eigenvalue weighted by molar-refractivity contribution is -0.146. The van der Waals surface area contributed by atoms with E-state index in [0.717, 1.165) is 59.0 Å². The molecular weight excluding hydrogens is 434 g/mol. The van der Waals surface area contributed by atoms with E-state index in [1.54, 1.807) is 4.90 Å². The molecule has 9 heteroatoms. The molecule has 3 aliphatic heterocycles. The monoisotopic (exact) mass is 473 g/mol. The molecule has 3 heterocycles. The molecule has 0 radical (unpaired) electrons. The molecule has 4 rings (SSSR count). The number of rotatable bonds is 9. The van der Waals surface area contributed by atoms with Gasteiger partial charge in [-0.3, -0.25) is 19.4 Å². The summed E-state index contributed by atoms with van der Waals surface area (Å²) in [6.45, 7) is 9.65. The van der Waals surface area contributed by atoms with Gasteiger partial charge in [0.05, 0.1) is 13.2 Å². The van der Waals surface area contributed by atoms with Gasteiger partial charge in [0.1, 0.15) is 12.6 Å². The average Bonchev–Trinajstić information content (AvgIpc) is 3.33. The summed E-state index contributed by atoms with van der Waals surface area (Å²) in [7, 11) is 1.53. The minimum Gasteiger partial charge on any atom is -0.379 e. The van der Waals surface area contributed by atoms with Crippen LogP contribution in [0.4, 0.5) is 0 Å². The van der Waals surface area contributed by atoms with E-state index in [-0.39, 0.29) is 24.5 Å². The van der Waals surface area contributed by atoms with Crippen molar-refractivity contribution in [2.45, 2.75) is 25.0 Å². The molecular formula is C25H39N5O4. The maximum absolute atomic E-state index is 13.5. The van der Waals surface area contributed by atoms with Gasteiger partial charge < -0.3 is 24.6 Å². The van der Waals surface area contributed by atoms with Crippen LogP contribution in [0.5, 0.6) is 0 Å². The van der Waals surface area contributed by atoms with Crippen LogP contribution in [0.2, 0.25) is 0 Å². The Bertz CT molecular complexity index is 783. The Morgan fingerprint density at radius 3 is 2.56 bits per heavy atom. The Labute approximate surface area is 202 Å². The van der Waals surface area contributed by atoms with Crippen LogP contribution in [0.15, 0.2) is 30.3 Å². The fourth-order valence-electron chi connectivity index (χ4n) is 5.19. The third kappa shape index (κ3) is 6.55. The zero-order valence-corrected chi connectivity index (χ0v) is 20.4. The van der Waals surface area contributed by atoms with Gasteiger partial charge in [-0.1, -0.05) is 30.3 Å². The normalized spacial score (nSPS) is 24.1. The molecule has 3 aliphatic rings. The molecule has 0 aliphatic carbocycles. The molecule has 0 aromatic heterocycles. The molecule has 2 amide bonds. The number of hydrogen-bond acceptors (Lipinski definition) is 7. The van der Waals surface area contributed by atoms with E-state index in [1.807, 2.05) is 11.0 Å². The van der Waals surface area contributed by atoms with E-state index >= 15 is 0 Å². The van der Waals surface area contributed by atoms with Gasteiger partial charge in [-0.05, 0) is 12.0 Å². The predicted octanol–water partition coefficient (Wildman–Crippen LogP) is -0.131. The van der Waals surface area contributed by atoms with Crippen LogP contribution < -0.4 is 5.32 Å². The Morgan fingerprint density at radius 2 is 1.85 bits per heavy atom. The Balaban J connectivity index is 1.49. The van der Waals surface area contributed by atoms with Crippen LogP contribution in [0.1, 0.15) is 12.0 Å². The summed E-state index contributed by atoms with van der Waals surface area (Å²) in [5.41, 5.74) is 1.25. The van der Waals surface area contributed by atoms with Gasteiger partial charge in [-0.25, -0.2) is 0 Å². The topological polar surface area (TPSA) is 77.6 Å². The summed E-state index contributed by atoms with van der Waals surface area (Å²) >= 11 is 0. The van der Waals surface area contributed by atoms with Crippen LogP contribution in [0, 0.1) is 0 Å². The number of nitrogens with one attached hydrogen (secondary N) is 1. The molecule has 0 saturated carbocycles. The lowest BCUT2D eigenvalue weighted by Gasteiger charge is -2.33. The standard InChI is InChI=1S/C25H39N5O4/c1-33-20-24(31)30-19-22(17-23(30)25(32)28-9-7-26-8-10-28)29(18-21-5-3-2-4-6-21)12-11-27-13-15-34-16-14-27/h2-6,22-23,26H,7-20H2,1H3. The number of methoxy groups -OCH3 is 1. The number of carbonyl (C=O) groups is 2. The molecule has 9 nitrogen and oxygen atoms in total. The van der Waals surface area contributed by atoms with E-state index < -0.39 is 6.04 Å². The summed E-state index contributed by atoms with van der Waals surface area (Å²) in [6, 6.07) is 10.2. The van der Waals surface area contributed by atoms with E-state index in [1.165, 1.54) is 12.7 Å². The highest BCUT2D eigenvalue weighted by Gasteiger charge is 2.43. The van der Waals surface area contributed by atoms with Gasteiger partial charge in [-0.15, -0.1) is 0 Å². The van der Waals surface area contributed by atoms with Crippen LogP contribution >= 0.6 is 0 Å². The molecule has 188 valence electrons. The van der Waals surface area contributed by atoms with Crippen molar-refractivity contribution in [3.8, 4) is 0 Å².